The summed E-state index contributed by atoms with van der Waals surface area (Å²) >= 11 is 0. The Kier molecular flexibility index (Phi) is 7.34. The maximum Gasteiger partial charge on any atom is 0.262 e. The predicted octanol–water partition coefficient (Wildman–Crippen LogP) is 2.73. The molecule has 1 fully saturated rings. The molecule has 1 aliphatic rings. The number of methoxy groups -OCH3 is 2. The van der Waals surface area contributed by atoms with E-state index in [0.29, 0.717) is 18.1 Å². The van der Waals surface area contributed by atoms with Crippen molar-refractivity contribution >= 4 is 49.1 Å². The van der Waals surface area contributed by atoms with Crippen LogP contribution in [0, 0.1) is 0 Å². The number of aromatic nitrogens is 2. The second-order valence-corrected chi connectivity index (χ2v) is 11.3. The van der Waals surface area contributed by atoms with Gasteiger partial charge in [-0.05, 0) is 43.4 Å². The topological polar surface area (TPSA) is 118 Å². The lowest BCUT2D eigenvalue weighted by Gasteiger charge is -2.31. The van der Waals surface area contributed by atoms with E-state index in [1.165, 1.54) is 20.3 Å². The van der Waals surface area contributed by atoms with E-state index < -0.39 is 10.0 Å². The number of nitrogens with one attached hydrogen (secondary N) is 2. The van der Waals surface area contributed by atoms with Gasteiger partial charge >= 0.3 is 0 Å². The molecule has 0 aliphatic carbocycles. The van der Waals surface area contributed by atoms with Gasteiger partial charge in [-0.3, -0.25) is 14.4 Å². The van der Waals surface area contributed by atoms with E-state index in [2.05, 4.69) is 31.9 Å². The molecule has 3 heterocycles. The minimum absolute atomic E-state index is 0.0550. The molecule has 2 N–H and O–H groups in total. The molecule has 11 nitrogen and oxygen atoms in total. The summed E-state index contributed by atoms with van der Waals surface area (Å²) in [6.07, 6.45) is 0. The maximum atomic E-state index is 13.3. The summed E-state index contributed by atoms with van der Waals surface area (Å²) in [5.74, 6) is 0.355. The monoisotopic (exact) mass is 552 g/mol. The Morgan fingerprint density at radius 2 is 1.69 bits per heavy atom. The summed E-state index contributed by atoms with van der Waals surface area (Å²) in [5, 5.41) is 4.67. The second kappa shape index (κ2) is 10.7. The Bertz CT molecular complexity index is 1640. The molecule has 1 amide bonds. The molecule has 0 spiro atoms. The molecule has 2 aromatic heterocycles. The molecule has 4 aromatic rings. The number of ether oxygens (including phenoxy) is 2. The molecule has 0 saturated carbocycles. The number of rotatable bonds is 8. The van der Waals surface area contributed by atoms with Gasteiger partial charge in [0, 0.05) is 61.3 Å². The summed E-state index contributed by atoms with van der Waals surface area (Å²) in [5.41, 5.74) is 2.65. The Morgan fingerprint density at radius 1 is 0.923 bits per heavy atom. The molecule has 2 aromatic carbocycles. The number of sulfonamides is 1. The second-order valence-electron chi connectivity index (χ2n) is 9.61. The zero-order chi connectivity index (χ0) is 27.7. The lowest BCUT2D eigenvalue weighted by Crippen LogP contribution is -2.47. The SMILES string of the molecule is COc1ccc(NS(=O)(=O)c2ccc3c(c2)c2ccc(NC(=O)CN4CCN(C)CC4)cc2n3C)c(OC)n1. The van der Waals surface area contributed by atoms with E-state index in [1.54, 1.807) is 24.3 Å². The van der Waals surface area contributed by atoms with Crippen molar-refractivity contribution in [2.45, 2.75) is 4.90 Å². The van der Waals surface area contributed by atoms with Gasteiger partial charge in [0.1, 0.15) is 5.69 Å². The fraction of sp³-hybridized carbons (Fsp3) is 0.333. The number of hydrogen-bond donors (Lipinski definition) is 2. The quantitative estimate of drug-likeness (QED) is 0.343. The van der Waals surface area contributed by atoms with Crippen LogP contribution in [0.4, 0.5) is 11.4 Å². The molecule has 1 saturated heterocycles. The Hall–Kier alpha value is -3.87. The van der Waals surface area contributed by atoms with Gasteiger partial charge in [0.15, 0.2) is 0 Å². The zero-order valence-corrected chi connectivity index (χ0v) is 23.2. The largest absolute Gasteiger partial charge is 0.481 e. The van der Waals surface area contributed by atoms with Crippen LogP contribution in [0.3, 0.4) is 0 Å². The third-order valence-corrected chi connectivity index (χ3v) is 8.38. The van der Waals surface area contributed by atoms with Crippen LogP contribution in [0.25, 0.3) is 21.8 Å². The van der Waals surface area contributed by atoms with Gasteiger partial charge in [0.25, 0.3) is 10.0 Å². The average molecular weight is 553 g/mol. The van der Waals surface area contributed by atoms with E-state index in [9.17, 15) is 13.2 Å². The number of hydrogen-bond acceptors (Lipinski definition) is 8. The highest BCUT2D eigenvalue weighted by Crippen LogP contribution is 2.33. The molecule has 5 rings (SSSR count). The van der Waals surface area contributed by atoms with Crippen LogP contribution in [0.2, 0.25) is 0 Å². The van der Waals surface area contributed by atoms with Crippen LogP contribution in [0.15, 0.2) is 53.4 Å². The van der Waals surface area contributed by atoms with Crippen LogP contribution in [0.5, 0.6) is 11.8 Å². The number of fused-ring (bicyclic) bond motifs is 3. The fourth-order valence-electron chi connectivity index (χ4n) is 4.82. The van der Waals surface area contributed by atoms with Crippen molar-refractivity contribution in [3.8, 4) is 11.8 Å². The number of carbonyl (C=O) groups excluding carboxylic acids is 1. The van der Waals surface area contributed by atoms with Gasteiger partial charge in [-0.25, -0.2) is 8.42 Å². The molecule has 1 aliphatic heterocycles. The molecule has 0 atom stereocenters. The lowest BCUT2D eigenvalue weighted by atomic mass is 10.1. The van der Waals surface area contributed by atoms with Crippen LogP contribution in [-0.2, 0) is 21.9 Å². The first-order valence-electron chi connectivity index (χ1n) is 12.5. The summed E-state index contributed by atoms with van der Waals surface area (Å²) in [7, 11) is 2.94. The number of nitrogens with zero attached hydrogens (tertiary/aromatic N) is 4. The van der Waals surface area contributed by atoms with Crippen LogP contribution in [-0.4, -0.2) is 87.7 Å². The standard InChI is InChI=1S/C27H32N6O5S/c1-31-11-13-33(14-12-31)17-25(34)28-18-5-7-20-21-16-19(6-9-23(21)32(2)24(20)15-18)39(35,36)30-22-8-10-26(37-3)29-27(22)38-4/h5-10,15-16,30H,11-14,17H2,1-4H3,(H,28,34). The zero-order valence-electron chi connectivity index (χ0n) is 22.4. The van der Waals surface area contributed by atoms with Gasteiger partial charge in [-0.1, -0.05) is 6.07 Å². The highest BCUT2D eigenvalue weighted by molar-refractivity contribution is 7.92. The van der Waals surface area contributed by atoms with Crippen LogP contribution < -0.4 is 19.5 Å². The van der Waals surface area contributed by atoms with E-state index >= 15 is 0 Å². The minimum Gasteiger partial charge on any atom is -0.481 e. The normalized spacial score (nSPS) is 15.0. The highest BCUT2D eigenvalue weighted by atomic mass is 32.2. The van der Waals surface area contributed by atoms with Crippen LogP contribution in [0.1, 0.15) is 0 Å². The Labute approximate surface area is 227 Å². The number of aryl methyl sites for hydroxylation is 1. The molecular formula is C27H32N6O5S. The van der Waals surface area contributed by atoms with Gasteiger partial charge < -0.3 is 24.3 Å². The number of amides is 1. The molecule has 12 heteroatoms. The maximum absolute atomic E-state index is 13.3. The Morgan fingerprint density at radius 3 is 2.41 bits per heavy atom. The van der Waals surface area contributed by atoms with Crippen molar-refractivity contribution < 1.29 is 22.7 Å². The lowest BCUT2D eigenvalue weighted by molar-refractivity contribution is -0.117. The van der Waals surface area contributed by atoms with Gasteiger partial charge in [-0.2, -0.15) is 4.98 Å². The van der Waals surface area contributed by atoms with E-state index in [0.717, 1.165) is 48.0 Å². The highest BCUT2D eigenvalue weighted by Gasteiger charge is 2.21. The van der Waals surface area contributed by atoms with E-state index in [4.69, 9.17) is 9.47 Å². The third-order valence-electron chi connectivity index (χ3n) is 7.02. The molecule has 0 unspecified atom stereocenters. The minimum atomic E-state index is -3.94. The van der Waals surface area contributed by atoms with E-state index in [-0.39, 0.29) is 22.4 Å². The summed E-state index contributed by atoms with van der Waals surface area (Å²) < 4.78 is 41.4. The predicted molar refractivity (Wildman–Crippen MR) is 151 cm³/mol. The molecular weight excluding hydrogens is 520 g/mol. The molecule has 39 heavy (non-hydrogen) atoms. The van der Waals surface area contributed by atoms with Gasteiger partial charge in [-0.15, -0.1) is 0 Å². The van der Waals surface area contributed by atoms with Crippen LogP contribution >= 0.6 is 0 Å². The fourth-order valence-corrected chi connectivity index (χ4v) is 5.90. The van der Waals surface area contributed by atoms with Gasteiger partial charge in [0.05, 0.1) is 31.2 Å². The summed E-state index contributed by atoms with van der Waals surface area (Å²) in [4.78, 5) is 21.3. The first kappa shape index (κ1) is 26.7. The number of benzene rings is 2. The number of pyridine rings is 1. The number of anilines is 2. The van der Waals surface area contributed by atoms with Crippen molar-refractivity contribution in [3.63, 3.8) is 0 Å². The smallest absolute Gasteiger partial charge is 0.262 e. The van der Waals surface area contributed by atoms with E-state index in [1.807, 2.05) is 29.8 Å². The van der Waals surface area contributed by atoms with Crippen molar-refractivity contribution in [1.29, 1.82) is 0 Å². The van der Waals surface area contributed by atoms with Crippen molar-refractivity contribution in [3.05, 3.63) is 48.5 Å². The number of piperazine rings is 1. The average Bonchev–Trinajstić information content (AvgIpc) is 3.20. The molecule has 0 radical (unpaired) electrons. The summed E-state index contributed by atoms with van der Waals surface area (Å²) in [6, 6.07) is 13.7. The third kappa shape index (κ3) is 5.49. The van der Waals surface area contributed by atoms with Crippen molar-refractivity contribution in [1.82, 2.24) is 19.4 Å². The summed E-state index contributed by atoms with van der Waals surface area (Å²) in [6.45, 7) is 3.99. The molecule has 0 bridgehead atoms. The first-order valence-corrected chi connectivity index (χ1v) is 14.0. The Balaban J connectivity index is 1.40. The number of likely N-dealkylation sites (N-methyl/N-ethyl adjacent to an activating group) is 1. The molecule has 206 valence electrons. The van der Waals surface area contributed by atoms with Crippen molar-refractivity contribution in [2.24, 2.45) is 7.05 Å². The number of carbonyl (C=O) groups is 1. The first-order chi connectivity index (χ1) is 18.7. The van der Waals surface area contributed by atoms with Crippen molar-refractivity contribution in [2.75, 3.05) is 64.0 Å². The van der Waals surface area contributed by atoms with Gasteiger partial charge in [0.2, 0.25) is 17.7 Å².